The maximum absolute atomic E-state index is 13.4. The van der Waals surface area contributed by atoms with Gasteiger partial charge in [-0.25, -0.2) is 18.3 Å². The molecule has 0 aliphatic rings. The Labute approximate surface area is 146 Å². The summed E-state index contributed by atoms with van der Waals surface area (Å²) in [7, 11) is 0. The quantitative estimate of drug-likeness (QED) is 0.750. The van der Waals surface area contributed by atoms with Crippen LogP contribution in [0.1, 0.15) is 5.56 Å². The van der Waals surface area contributed by atoms with E-state index in [4.69, 9.17) is 5.11 Å². The van der Waals surface area contributed by atoms with E-state index in [-0.39, 0.29) is 12.1 Å². The van der Waals surface area contributed by atoms with Crippen molar-refractivity contribution in [2.45, 2.75) is 6.54 Å². The van der Waals surface area contributed by atoms with Gasteiger partial charge in [-0.3, -0.25) is 10.1 Å². The molecule has 3 aromatic rings. The molecule has 1 amide bonds. The molecule has 2 aromatic carbocycles. The molecule has 1 aromatic heterocycles. The molecule has 8 heteroatoms. The van der Waals surface area contributed by atoms with E-state index in [2.05, 4.69) is 10.4 Å². The lowest BCUT2D eigenvalue weighted by Crippen LogP contribution is -2.23. The highest BCUT2D eigenvalue weighted by molar-refractivity contribution is 5.82. The summed E-state index contributed by atoms with van der Waals surface area (Å²) in [6.45, 7) is 0.0888. The van der Waals surface area contributed by atoms with Crippen LogP contribution in [0.5, 0.6) is 0 Å². The van der Waals surface area contributed by atoms with Gasteiger partial charge < -0.3 is 5.11 Å². The Morgan fingerprint density at radius 3 is 2.62 bits per heavy atom. The summed E-state index contributed by atoms with van der Waals surface area (Å²) >= 11 is 0. The number of rotatable bonds is 4. The summed E-state index contributed by atoms with van der Waals surface area (Å²) in [6.07, 6.45) is -1.20. The SMILES string of the molecule is O=C(O)Nc1cccc(Cn2nc(-c3ccc(F)c(F)c3)ccc2=O)c1. The predicted octanol–water partition coefficient (Wildman–Crippen LogP) is 3.33. The molecular formula is C18H13F2N3O3. The van der Waals surface area contributed by atoms with Crippen molar-refractivity contribution in [3.8, 4) is 11.3 Å². The van der Waals surface area contributed by atoms with Crippen molar-refractivity contribution in [1.29, 1.82) is 0 Å². The van der Waals surface area contributed by atoms with Crippen molar-refractivity contribution in [3.63, 3.8) is 0 Å². The number of nitrogens with one attached hydrogen (secondary N) is 1. The molecule has 0 saturated carbocycles. The fraction of sp³-hybridized carbons (Fsp3) is 0.0556. The molecule has 0 aliphatic heterocycles. The van der Waals surface area contributed by atoms with Crippen LogP contribution in [-0.2, 0) is 6.54 Å². The summed E-state index contributed by atoms with van der Waals surface area (Å²) in [6, 6.07) is 12.6. The van der Waals surface area contributed by atoms with Crippen LogP contribution in [0.3, 0.4) is 0 Å². The van der Waals surface area contributed by atoms with E-state index in [0.29, 0.717) is 22.5 Å². The van der Waals surface area contributed by atoms with Crippen LogP contribution in [0.2, 0.25) is 0 Å². The number of amides is 1. The first kappa shape index (κ1) is 17.3. The molecule has 0 fully saturated rings. The number of halogens is 2. The van der Waals surface area contributed by atoms with Crippen molar-refractivity contribution < 1.29 is 18.7 Å². The topological polar surface area (TPSA) is 84.2 Å². The molecule has 0 spiro atoms. The van der Waals surface area contributed by atoms with Crippen molar-refractivity contribution >= 4 is 11.8 Å². The Morgan fingerprint density at radius 1 is 1.08 bits per heavy atom. The van der Waals surface area contributed by atoms with E-state index < -0.39 is 17.7 Å². The molecule has 26 heavy (non-hydrogen) atoms. The van der Waals surface area contributed by atoms with Gasteiger partial charge in [0.1, 0.15) is 0 Å². The third kappa shape index (κ3) is 3.92. The molecule has 1 heterocycles. The van der Waals surface area contributed by atoms with E-state index in [1.165, 1.54) is 18.2 Å². The Bertz CT molecular complexity index is 1030. The molecule has 132 valence electrons. The van der Waals surface area contributed by atoms with Gasteiger partial charge in [0.25, 0.3) is 5.56 Å². The Kier molecular flexibility index (Phi) is 4.74. The second kappa shape index (κ2) is 7.14. The number of aromatic nitrogens is 2. The minimum absolute atomic E-state index is 0.0888. The maximum atomic E-state index is 13.4. The van der Waals surface area contributed by atoms with Gasteiger partial charge in [0.05, 0.1) is 12.2 Å². The first-order chi connectivity index (χ1) is 12.4. The van der Waals surface area contributed by atoms with Crippen molar-refractivity contribution in [2.24, 2.45) is 0 Å². The summed E-state index contributed by atoms with van der Waals surface area (Å²) in [4.78, 5) is 22.8. The Hall–Kier alpha value is -3.55. The van der Waals surface area contributed by atoms with Gasteiger partial charge in [0.15, 0.2) is 11.6 Å². The number of carbonyl (C=O) groups is 1. The third-order valence-corrected chi connectivity index (χ3v) is 3.59. The average Bonchev–Trinajstić information content (AvgIpc) is 2.59. The lowest BCUT2D eigenvalue weighted by Gasteiger charge is -2.09. The van der Waals surface area contributed by atoms with Crippen LogP contribution in [0.25, 0.3) is 11.3 Å². The van der Waals surface area contributed by atoms with Crippen LogP contribution >= 0.6 is 0 Å². The van der Waals surface area contributed by atoms with E-state index in [1.54, 1.807) is 24.3 Å². The summed E-state index contributed by atoms with van der Waals surface area (Å²) in [5, 5.41) is 15.2. The normalized spacial score (nSPS) is 10.5. The second-order valence-electron chi connectivity index (χ2n) is 5.47. The highest BCUT2D eigenvalue weighted by atomic mass is 19.2. The van der Waals surface area contributed by atoms with Gasteiger partial charge in [-0.2, -0.15) is 5.10 Å². The van der Waals surface area contributed by atoms with E-state index in [1.807, 2.05) is 0 Å². The minimum Gasteiger partial charge on any atom is -0.465 e. The number of hydrogen-bond donors (Lipinski definition) is 2. The standard InChI is InChI=1S/C18H13F2N3O3/c19-14-5-4-12(9-15(14)20)16-6-7-17(24)23(22-16)10-11-2-1-3-13(8-11)21-18(25)26/h1-9,21H,10H2,(H,25,26). The first-order valence-electron chi connectivity index (χ1n) is 7.55. The average molecular weight is 357 g/mol. The number of carboxylic acid groups (broad SMARTS) is 1. The molecular weight excluding hydrogens is 344 g/mol. The Morgan fingerprint density at radius 2 is 1.88 bits per heavy atom. The Balaban J connectivity index is 1.92. The second-order valence-corrected chi connectivity index (χ2v) is 5.47. The van der Waals surface area contributed by atoms with Gasteiger partial charge in [-0.1, -0.05) is 12.1 Å². The van der Waals surface area contributed by atoms with E-state index in [0.717, 1.165) is 16.8 Å². The molecule has 6 nitrogen and oxygen atoms in total. The zero-order valence-corrected chi connectivity index (χ0v) is 13.3. The molecule has 0 saturated heterocycles. The molecule has 0 atom stereocenters. The molecule has 3 rings (SSSR count). The highest BCUT2D eigenvalue weighted by Gasteiger charge is 2.08. The predicted molar refractivity (Wildman–Crippen MR) is 91.0 cm³/mol. The van der Waals surface area contributed by atoms with Crippen LogP contribution in [0, 0.1) is 11.6 Å². The molecule has 0 unspecified atom stereocenters. The zero-order valence-electron chi connectivity index (χ0n) is 13.3. The van der Waals surface area contributed by atoms with Crippen LogP contribution in [0.4, 0.5) is 19.3 Å². The summed E-state index contributed by atoms with van der Waals surface area (Å²) in [5.41, 5.74) is 1.27. The van der Waals surface area contributed by atoms with Crippen molar-refractivity contribution in [2.75, 3.05) is 5.32 Å². The molecule has 2 N–H and O–H groups in total. The molecule has 0 radical (unpaired) electrons. The first-order valence-corrected chi connectivity index (χ1v) is 7.55. The van der Waals surface area contributed by atoms with Gasteiger partial charge in [0.2, 0.25) is 0 Å². The van der Waals surface area contributed by atoms with Crippen LogP contribution in [0.15, 0.2) is 59.4 Å². The monoisotopic (exact) mass is 357 g/mol. The van der Waals surface area contributed by atoms with Gasteiger partial charge in [0, 0.05) is 17.3 Å². The zero-order chi connectivity index (χ0) is 18.7. The van der Waals surface area contributed by atoms with Crippen LogP contribution in [-0.4, -0.2) is 21.0 Å². The number of hydrogen-bond acceptors (Lipinski definition) is 3. The van der Waals surface area contributed by atoms with Gasteiger partial charge in [-0.15, -0.1) is 0 Å². The van der Waals surface area contributed by atoms with Crippen LogP contribution < -0.4 is 10.9 Å². The van der Waals surface area contributed by atoms with E-state index >= 15 is 0 Å². The van der Waals surface area contributed by atoms with Crippen molar-refractivity contribution in [3.05, 3.63) is 82.1 Å². The lowest BCUT2D eigenvalue weighted by atomic mass is 10.1. The lowest BCUT2D eigenvalue weighted by molar-refractivity contribution is 0.209. The molecule has 0 bridgehead atoms. The van der Waals surface area contributed by atoms with E-state index in [9.17, 15) is 18.4 Å². The largest absolute Gasteiger partial charge is 0.465 e. The van der Waals surface area contributed by atoms with Crippen molar-refractivity contribution in [1.82, 2.24) is 9.78 Å². The van der Waals surface area contributed by atoms with Gasteiger partial charge in [-0.05, 0) is 42.0 Å². The number of nitrogens with zero attached hydrogens (tertiary/aromatic N) is 2. The fourth-order valence-electron chi connectivity index (χ4n) is 2.42. The summed E-state index contributed by atoms with van der Waals surface area (Å²) < 4.78 is 27.7. The molecule has 0 aliphatic carbocycles. The number of anilines is 1. The third-order valence-electron chi connectivity index (χ3n) is 3.59. The summed E-state index contributed by atoms with van der Waals surface area (Å²) in [5.74, 6) is -1.97. The van der Waals surface area contributed by atoms with Gasteiger partial charge >= 0.3 is 6.09 Å². The number of benzene rings is 2. The minimum atomic E-state index is -1.20. The smallest absolute Gasteiger partial charge is 0.409 e. The highest BCUT2D eigenvalue weighted by Crippen LogP contribution is 2.19. The maximum Gasteiger partial charge on any atom is 0.409 e. The fourth-order valence-corrected chi connectivity index (χ4v) is 2.42.